The highest BCUT2D eigenvalue weighted by Crippen LogP contribution is 2.64. The molecule has 0 saturated heterocycles. The first-order valence-corrected chi connectivity index (χ1v) is 19.2. The average Bonchev–Trinajstić information content (AvgIpc) is 3.63. The fraction of sp³-hybridized carbons (Fsp3) is 0.0741. The lowest BCUT2D eigenvalue weighted by atomic mass is 9.64. The maximum atomic E-state index is 9.63. The average molecular weight is 711 g/mol. The second-order valence-corrected chi connectivity index (χ2v) is 15.9. The molecule has 0 amide bonds. The van der Waals surface area contributed by atoms with Crippen molar-refractivity contribution < 1.29 is 0 Å². The van der Waals surface area contributed by atoms with Gasteiger partial charge in [0.25, 0.3) is 0 Å². The number of hydrogen-bond acceptors (Lipinski definition) is 2. The molecular weight excluding hydrogens is 677 g/mol. The molecule has 0 saturated carbocycles. The monoisotopic (exact) mass is 710 g/mol. The van der Waals surface area contributed by atoms with Gasteiger partial charge in [0.05, 0.1) is 28.7 Å². The van der Waals surface area contributed by atoms with Gasteiger partial charge in [-0.3, -0.25) is 0 Å². The smallest absolute Gasteiger partial charge is 0.0991 e. The summed E-state index contributed by atoms with van der Waals surface area (Å²) in [5.74, 6) is 0. The SMILES string of the molecule is CC1(C)c2ccccc2-c2cc3c(cc21)-c1ccccc1C31c2cc(-c3ccc(C#N)cc3)ccc2-c2ccccc2-c2ccc(-c3ccc(C#N)cc3)cc21. The van der Waals surface area contributed by atoms with Crippen LogP contribution in [0.2, 0.25) is 0 Å². The number of hydrogen-bond donors (Lipinski definition) is 0. The third-order valence-electron chi connectivity index (χ3n) is 12.8. The van der Waals surface area contributed by atoms with Crippen LogP contribution in [0.4, 0.5) is 0 Å². The van der Waals surface area contributed by atoms with Gasteiger partial charge >= 0.3 is 0 Å². The van der Waals surface area contributed by atoms with Gasteiger partial charge in [-0.15, -0.1) is 0 Å². The molecule has 11 rings (SSSR count). The number of fused-ring (bicyclic) bond motifs is 15. The van der Waals surface area contributed by atoms with Crippen LogP contribution in [0.1, 0.15) is 58.4 Å². The minimum absolute atomic E-state index is 0.146. The zero-order chi connectivity index (χ0) is 37.8. The fourth-order valence-electron chi connectivity index (χ4n) is 10.2. The van der Waals surface area contributed by atoms with Gasteiger partial charge in [-0.1, -0.05) is 135 Å². The first-order valence-electron chi connectivity index (χ1n) is 19.2. The van der Waals surface area contributed by atoms with Crippen LogP contribution >= 0.6 is 0 Å². The van der Waals surface area contributed by atoms with E-state index in [0.29, 0.717) is 11.1 Å². The quantitative estimate of drug-likeness (QED) is 0.179. The number of nitrogens with zero attached hydrogens (tertiary/aromatic N) is 2. The normalized spacial score (nSPS) is 14.1. The Bertz CT molecular complexity index is 2930. The van der Waals surface area contributed by atoms with Crippen molar-refractivity contribution in [2.75, 3.05) is 0 Å². The zero-order valence-electron chi connectivity index (χ0n) is 31.1. The van der Waals surface area contributed by atoms with Crippen LogP contribution in [0.3, 0.4) is 0 Å². The highest BCUT2D eigenvalue weighted by atomic mass is 14.5. The molecule has 0 N–H and O–H groups in total. The topological polar surface area (TPSA) is 47.6 Å². The summed E-state index contributed by atoms with van der Waals surface area (Å²) < 4.78 is 0. The lowest BCUT2D eigenvalue weighted by Gasteiger charge is -2.36. The number of nitriles is 2. The van der Waals surface area contributed by atoms with E-state index in [1.807, 2.05) is 24.3 Å². The Kier molecular flexibility index (Phi) is 6.68. The maximum absolute atomic E-state index is 9.63. The number of rotatable bonds is 2. The summed E-state index contributed by atoms with van der Waals surface area (Å²) in [6.07, 6.45) is 0. The van der Waals surface area contributed by atoms with Crippen LogP contribution in [0, 0.1) is 22.7 Å². The van der Waals surface area contributed by atoms with Crippen LogP contribution in [0.15, 0.2) is 170 Å². The standard InChI is InChI=1S/C54H34N2/c1-53(2)47-13-7-5-11-41(47)45-30-52-46(29-49(45)53)42-12-6-8-14-48(42)54(52)50-27-37(35-19-15-33(31-55)16-20-35)23-25-43(50)39-9-3-4-10-40(39)44-26-24-38(28-51(44)54)36-21-17-34(32-56)18-22-36/h3-30H,1-2H3. The molecule has 2 heteroatoms. The summed E-state index contributed by atoms with van der Waals surface area (Å²) in [6, 6.07) is 66.3. The van der Waals surface area contributed by atoms with Crippen LogP contribution in [-0.4, -0.2) is 0 Å². The minimum atomic E-state index is -0.697. The molecule has 3 aliphatic rings. The third kappa shape index (κ3) is 4.25. The molecule has 56 heavy (non-hydrogen) atoms. The molecule has 0 fully saturated rings. The summed E-state index contributed by atoms with van der Waals surface area (Å²) in [6.45, 7) is 4.72. The van der Waals surface area contributed by atoms with Crippen molar-refractivity contribution in [1.29, 1.82) is 10.5 Å². The Morgan fingerprint density at radius 3 is 1.21 bits per heavy atom. The van der Waals surface area contributed by atoms with Gasteiger partial charge in [-0.2, -0.15) is 10.5 Å². The van der Waals surface area contributed by atoms with Gasteiger partial charge < -0.3 is 0 Å². The van der Waals surface area contributed by atoms with Crippen LogP contribution in [-0.2, 0) is 10.8 Å². The molecule has 0 unspecified atom stereocenters. The molecule has 0 heterocycles. The Labute approximate surface area is 327 Å². The van der Waals surface area contributed by atoms with E-state index in [1.165, 1.54) is 77.9 Å². The molecule has 0 aromatic heterocycles. The Balaban J connectivity index is 1.32. The highest BCUT2D eigenvalue weighted by molar-refractivity contribution is 6.00. The molecule has 3 aliphatic carbocycles. The summed E-state index contributed by atoms with van der Waals surface area (Å²) in [5.41, 5.74) is 22.5. The van der Waals surface area contributed by atoms with Crippen molar-refractivity contribution in [1.82, 2.24) is 0 Å². The van der Waals surface area contributed by atoms with Crippen LogP contribution < -0.4 is 0 Å². The van der Waals surface area contributed by atoms with Crippen molar-refractivity contribution >= 4 is 0 Å². The van der Waals surface area contributed by atoms with Gasteiger partial charge in [-0.05, 0) is 149 Å². The molecule has 8 aromatic carbocycles. The fourth-order valence-corrected chi connectivity index (χ4v) is 10.2. The molecule has 8 aromatic rings. The molecule has 0 radical (unpaired) electrons. The minimum Gasteiger partial charge on any atom is -0.192 e. The van der Waals surface area contributed by atoms with E-state index in [1.54, 1.807) is 0 Å². The molecule has 260 valence electrons. The van der Waals surface area contributed by atoms with E-state index < -0.39 is 5.41 Å². The van der Waals surface area contributed by atoms with Crippen molar-refractivity contribution in [3.63, 3.8) is 0 Å². The lowest BCUT2D eigenvalue weighted by molar-refractivity contribution is 0.660. The summed E-state index contributed by atoms with van der Waals surface area (Å²) in [4.78, 5) is 0. The largest absolute Gasteiger partial charge is 0.192 e. The molecule has 0 aliphatic heterocycles. The summed E-state index contributed by atoms with van der Waals surface area (Å²) in [7, 11) is 0. The van der Waals surface area contributed by atoms with Gasteiger partial charge in [0.1, 0.15) is 0 Å². The first-order chi connectivity index (χ1) is 27.4. The number of benzene rings is 8. The Morgan fingerprint density at radius 2 is 0.696 bits per heavy atom. The lowest BCUT2D eigenvalue weighted by Crippen LogP contribution is -2.29. The van der Waals surface area contributed by atoms with E-state index in [4.69, 9.17) is 0 Å². The first kappa shape index (κ1) is 32.2. The molecule has 1 spiro atoms. The van der Waals surface area contributed by atoms with E-state index in [0.717, 1.165) is 22.3 Å². The molecular formula is C54H34N2. The predicted molar refractivity (Wildman–Crippen MR) is 226 cm³/mol. The van der Waals surface area contributed by atoms with E-state index in [2.05, 4.69) is 172 Å². The molecule has 2 nitrogen and oxygen atoms in total. The van der Waals surface area contributed by atoms with E-state index >= 15 is 0 Å². The van der Waals surface area contributed by atoms with Crippen molar-refractivity contribution in [3.05, 3.63) is 214 Å². The van der Waals surface area contributed by atoms with Gasteiger partial charge in [0.15, 0.2) is 0 Å². The summed E-state index contributed by atoms with van der Waals surface area (Å²) >= 11 is 0. The predicted octanol–water partition coefficient (Wildman–Crippen LogP) is 13.1. The zero-order valence-corrected chi connectivity index (χ0v) is 31.1. The van der Waals surface area contributed by atoms with Gasteiger partial charge in [0.2, 0.25) is 0 Å². The maximum Gasteiger partial charge on any atom is 0.0991 e. The van der Waals surface area contributed by atoms with Crippen molar-refractivity contribution in [3.8, 4) is 78.9 Å². The second kappa shape index (κ2) is 11.6. The van der Waals surface area contributed by atoms with E-state index in [9.17, 15) is 10.5 Å². The molecule has 0 atom stereocenters. The van der Waals surface area contributed by atoms with Gasteiger partial charge in [-0.25, -0.2) is 0 Å². The third-order valence-corrected chi connectivity index (χ3v) is 12.8. The van der Waals surface area contributed by atoms with Crippen LogP contribution in [0.5, 0.6) is 0 Å². The van der Waals surface area contributed by atoms with E-state index in [-0.39, 0.29) is 5.41 Å². The Morgan fingerprint density at radius 1 is 0.321 bits per heavy atom. The highest BCUT2D eigenvalue weighted by Gasteiger charge is 2.51. The molecule has 0 bridgehead atoms. The van der Waals surface area contributed by atoms with Crippen LogP contribution in [0.25, 0.3) is 66.8 Å². The van der Waals surface area contributed by atoms with Gasteiger partial charge in [0, 0.05) is 5.41 Å². The Hall–Kier alpha value is -7.26. The van der Waals surface area contributed by atoms with Crippen molar-refractivity contribution in [2.24, 2.45) is 0 Å². The summed E-state index contributed by atoms with van der Waals surface area (Å²) in [5, 5.41) is 19.3. The van der Waals surface area contributed by atoms with Crippen molar-refractivity contribution in [2.45, 2.75) is 24.7 Å². The second-order valence-electron chi connectivity index (χ2n) is 15.9.